The lowest BCUT2D eigenvalue weighted by molar-refractivity contribution is -0.0500. The Morgan fingerprint density at radius 2 is 1.67 bits per heavy atom. The van der Waals surface area contributed by atoms with Crippen molar-refractivity contribution in [2.75, 3.05) is 7.11 Å². The van der Waals surface area contributed by atoms with Crippen LogP contribution in [0.4, 0.5) is 13.2 Å². The summed E-state index contributed by atoms with van der Waals surface area (Å²) < 4.78 is 74.7. The highest BCUT2D eigenvalue weighted by atomic mass is 32.2. The molecule has 0 unspecified atom stereocenters. The van der Waals surface area contributed by atoms with E-state index in [-0.39, 0.29) is 23.5 Å². The standard InChI is InChI=1S/C17H15F3O6S/c1-11-14(25-10-12-6-4-3-5-7-12)8-13(16(21)24-2)9-15(11)26-27(22,23)17(18,19)20/h3-9H,10H2,1-2H3. The van der Waals surface area contributed by atoms with Crippen molar-refractivity contribution in [3.63, 3.8) is 0 Å². The third-order valence-electron chi connectivity index (χ3n) is 3.45. The lowest BCUT2D eigenvalue weighted by Gasteiger charge is -2.16. The smallest absolute Gasteiger partial charge is 0.488 e. The van der Waals surface area contributed by atoms with Gasteiger partial charge in [0.05, 0.1) is 12.7 Å². The molecule has 2 rings (SSSR count). The predicted molar refractivity (Wildman–Crippen MR) is 88.9 cm³/mol. The minimum absolute atomic E-state index is 0.0193. The summed E-state index contributed by atoms with van der Waals surface area (Å²) in [6.45, 7) is 1.35. The van der Waals surface area contributed by atoms with Gasteiger partial charge in [-0.05, 0) is 24.6 Å². The molecule has 0 amide bonds. The molecule has 0 fully saturated rings. The number of carbonyl (C=O) groups excluding carboxylic acids is 1. The van der Waals surface area contributed by atoms with Crippen LogP contribution < -0.4 is 8.92 Å². The Morgan fingerprint density at radius 3 is 2.22 bits per heavy atom. The van der Waals surface area contributed by atoms with E-state index in [1.807, 2.05) is 0 Å². The van der Waals surface area contributed by atoms with Crippen molar-refractivity contribution in [3.8, 4) is 11.5 Å². The molecule has 0 aliphatic carbocycles. The van der Waals surface area contributed by atoms with E-state index in [1.54, 1.807) is 30.3 Å². The Labute approximate surface area is 153 Å². The Balaban J connectivity index is 2.42. The van der Waals surface area contributed by atoms with Crippen LogP contribution >= 0.6 is 0 Å². The molecule has 0 aliphatic heterocycles. The molecule has 2 aromatic rings. The van der Waals surface area contributed by atoms with Crippen molar-refractivity contribution < 1.29 is 40.0 Å². The summed E-state index contributed by atoms with van der Waals surface area (Å²) in [5.41, 5.74) is -5.11. The van der Waals surface area contributed by atoms with E-state index in [1.165, 1.54) is 13.0 Å². The molecule has 10 heteroatoms. The van der Waals surface area contributed by atoms with Crippen molar-refractivity contribution in [1.82, 2.24) is 0 Å². The zero-order valence-electron chi connectivity index (χ0n) is 14.2. The van der Waals surface area contributed by atoms with Crippen LogP contribution in [-0.4, -0.2) is 27.0 Å². The Kier molecular flexibility index (Phi) is 5.99. The highest BCUT2D eigenvalue weighted by Crippen LogP contribution is 2.34. The molecule has 0 spiro atoms. The zero-order valence-corrected chi connectivity index (χ0v) is 15.1. The average Bonchev–Trinajstić information content (AvgIpc) is 2.61. The fraction of sp³-hybridized carbons (Fsp3) is 0.235. The van der Waals surface area contributed by atoms with Crippen molar-refractivity contribution >= 4 is 16.1 Å². The van der Waals surface area contributed by atoms with Gasteiger partial charge in [0.15, 0.2) is 0 Å². The highest BCUT2D eigenvalue weighted by molar-refractivity contribution is 7.88. The molecular weight excluding hydrogens is 389 g/mol. The van der Waals surface area contributed by atoms with Gasteiger partial charge in [0.1, 0.15) is 18.1 Å². The number of methoxy groups -OCH3 is 1. The van der Waals surface area contributed by atoms with Gasteiger partial charge in [-0.25, -0.2) is 4.79 Å². The van der Waals surface area contributed by atoms with E-state index < -0.39 is 27.3 Å². The topological polar surface area (TPSA) is 78.9 Å². The molecule has 0 atom stereocenters. The number of halogens is 3. The van der Waals surface area contributed by atoms with Crippen molar-refractivity contribution in [2.24, 2.45) is 0 Å². The van der Waals surface area contributed by atoms with Crippen LogP contribution in [0.15, 0.2) is 42.5 Å². The third kappa shape index (κ3) is 4.91. The molecule has 2 aromatic carbocycles. The predicted octanol–water partition coefficient (Wildman–Crippen LogP) is 3.59. The lowest BCUT2D eigenvalue weighted by Crippen LogP contribution is -2.28. The number of rotatable bonds is 6. The van der Waals surface area contributed by atoms with E-state index in [0.717, 1.165) is 18.7 Å². The fourth-order valence-electron chi connectivity index (χ4n) is 2.04. The Bertz CT molecular complexity index is 924. The molecule has 0 saturated heterocycles. The number of ether oxygens (including phenoxy) is 2. The number of carbonyl (C=O) groups is 1. The maximum absolute atomic E-state index is 12.6. The maximum Gasteiger partial charge on any atom is 0.534 e. The molecule has 0 radical (unpaired) electrons. The van der Waals surface area contributed by atoms with Gasteiger partial charge < -0.3 is 13.7 Å². The van der Waals surface area contributed by atoms with Crippen LogP contribution in [-0.2, 0) is 21.5 Å². The summed E-state index contributed by atoms with van der Waals surface area (Å²) in [7, 11) is -4.84. The van der Waals surface area contributed by atoms with E-state index in [2.05, 4.69) is 8.92 Å². The zero-order chi connectivity index (χ0) is 20.2. The monoisotopic (exact) mass is 404 g/mol. The van der Waals surface area contributed by atoms with E-state index in [4.69, 9.17) is 4.74 Å². The molecule has 0 heterocycles. The second-order valence-corrected chi connectivity index (χ2v) is 6.88. The second kappa shape index (κ2) is 7.87. The summed E-state index contributed by atoms with van der Waals surface area (Å²) in [6, 6.07) is 10.9. The number of hydrogen-bond donors (Lipinski definition) is 0. The average molecular weight is 404 g/mol. The SMILES string of the molecule is COC(=O)c1cc(OCc2ccccc2)c(C)c(OS(=O)(=O)C(F)(F)F)c1. The first-order valence-electron chi connectivity index (χ1n) is 7.45. The van der Waals surface area contributed by atoms with Crippen LogP contribution in [0, 0.1) is 6.92 Å². The minimum Gasteiger partial charge on any atom is -0.488 e. The van der Waals surface area contributed by atoms with E-state index in [9.17, 15) is 26.4 Å². The Morgan fingerprint density at radius 1 is 1.07 bits per heavy atom. The maximum atomic E-state index is 12.6. The molecule has 0 N–H and O–H groups in total. The van der Waals surface area contributed by atoms with Crippen molar-refractivity contribution in [3.05, 3.63) is 59.2 Å². The van der Waals surface area contributed by atoms with Gasteiger partial charge >= 0.3 is 21.6 Å². The van der Waals surface area contributed by atoms with Gasteiger partial charge in [-0.15, -0.1) is 0 Å². The summed E-state index contributed by atoms with van der Waals surface area (Å²) in [6.07, 6.45) is 0. The molecular formula is C17H15F3O6S. The second-order valence-electron chi connectivity index (χ2n) is 5.35. The molecule has 0 aliphatic rings. The largest absolute Gasteiger partial charge is 0.534 e. The number of esters is 1. The summed E-state index contributed by atoms with van der Waals surface area (Å²) in [5, 5.41) is 0. The van der Waals surface area contributed by atoms with Gasteiger partial charge in [0.25, 0.3) is 0 Å². The van der Waals surface area contributed by atoms with Crippen LogP contribution in [0.2, 0.25) is 0 Å². The fourth-order valence-corrected chi connectivity index (χ4v) is 2.54. The molecule has 0 bridgehead atoms. The van der Waals surface area contributed by atoms with Gasteiger partial charge in [0.2, 0.25) is 0 Å². The number of benzene rings is 2. The van der Waals surface area contributed by atoms with Crippen LogP contribution in [0.5, 0.6) is 11.5 Å². The lowest BCUT2D eigenvalue weighted by atomic mass is 10.1. The van der Waals surface area contributed by atoms with Gasteiger partial charge in [0, 0.05) is 5.56 Å². The molecule has 27 heavy (non-hydrogen) atoms. The van der Waals surface area contributed by atoms with Crippen LogP contribution in [0.1, 0.15) is 21.5 Å². The molecule has 6 nitrogen and oxygen atoms in total. The van der Waals surface area contributed by atoms with Crippen LogP contribution in [0.3, 0.4) is 0 Å². The number of hydrogen-bond acceptors (Lipinski definition) is 6. The van der Waals surface area contributed by atoms with Gasteiger partial charge in [-0.3, -0.25) is 0 Å². The third-order valence-corrected chi connectivity index (χ3v) is 4.42. The Hall–Kier alpha value is -2.75. The van der Waals surface area contributed by atoms with Crippen LogP contribution in [0.25, 0.3) is 0 Å². The molecule has 0 saturated carbocycles. The van der Waals surface area contributed by atoms with Crippen molar-refractivity contribution in [1.29, 1.82) is 0 Å². The first-order chi connectivity index (χ1) is 12.5. The first kappa shape index (κ1) is 20.6. The molecule has 0 aromatic heterocycles. The van der Waals surface area contributed by atoms with E-state index >= 15 is 0 Å². The summed E-state index contributed by atoms with van der Waals surface area (Å²) in [5.74, 6) is -1.60. The van der Waals surface area contributed by atoms with E-state index in [0.29, 0.717) is 0 Å². The number of alkyl halides is 3. The van der Waals surface area contributed by atoms with Gasteiger partial charge in [-0.1, -0.05) is 30.3 Å². The highest BCUT2D eigenvalue weighted by Gasteiger charge is 2.48. The van der Waals surface area contributed by atoms with Crippen molar-refractivity contribution in [2.45, 2.75) is 19.0 Å². The first-order valence-corrected chi connectivity index (χ1v) is 8.86. The van der Waals surface area contributed by atoms with Gasteiger partial charge in [-0.2, -0.15) is 21.6 Å². The normalized spacial score (nSPS) is 11.7. The summed E-state index contributed by atoms with van der Waals surface area (Å²) >= 11 is 0. The quantitative estimate of drug-likeness (QED) is 0.416. The summed E-state index contributed by atoms with van der Waals surface area (Å²) in [4.78, 5) is 11.8. The minimum atomic E-state index is -5.91. The molecule has 146 valence electrons.